The van der Waals surface area contributed by atoms with Crippen LogP contribution in [0.2, 0.25) is 5.02 Å². The van der Waals surface area contributed by atoms with Gasteiger partial charge in [0, 0.05) is 37.4 Å². The largest absolute Gasteiger partial charge is 0.335 e. The summed E-state index contributed by atoms with van der Waals surface area (Å²) >= 11 is 6.15. The van der Waals surface area contributed by atoms with Gasteiger partial charge in [0.1, 0.15) is 5.69 Å². The molecule has 5 nitrogen and oxygen atoms in total. The van der Waals surface area contributed by atoms with E-state index in [1.165, 1.54) is 0 Å². The Kier molecular flexibility index (Phi) is 5.36. The maximum Gasteiger partial charge on any atom is 0.274 e. The van der Waals surface area contributed by atoms with Crippen LogP contribution < -0.4 is 5.73 Å². The van der Waals surface area contributed by atoms with Crippen LogP contribution in [0.3, 0.4) is 0 Å². The molecule has 1 heterocycles. The normalized spacial score (nSPS) is 10.6. The van der Waals surface area contributed by atoms with Gasteiger partial charge in [-0.2, -0.15) is 0 Å². The molecule has 0 aliphatic heterocycles. The molecule has 1 aromatic heterocycles. The molecule has 21 heavy (non-hydrogen) atoms. The summed E-state index contributed by atoms with van der Waals surface area (Å²) in [4.78, 5) is 18.4. The lowest BCUT2D eigenvalue weighted by Crippen LogP contribution is -2.30. The molecule has 0 aliphatic carbocycles. The molecule has 0 spiro atoms. The van der Waals surface area contributed by atoms with Gasteiger partial charge >= 0.3 is 0 Å². The van der Waals surface area contributed by atoms with Crippen molar-refractivity contribution < 1.29 is 4.79 Å². The minimum atomic E-state index is -0.104. The number of nitrogens with zero attached hydrogens (tertiary/aromatic N) is 3. The Morgan fingerprint density at radius 1 is 1.43 bits per heavy atom. The first-order valence-corrected chi connectivity index (χ1v) is 7.28. The van der Waals surface area contributed by atoms with Crippen molar-refractivity contribution in [1.82, 2.24) is 14.5 Å². The van der Waals surface area contributed by atoms with Crippen molar-refractivity contribution in [3.8, 4) is 0 Å². The summed E-state index contributed by atoms with van der Waals surface area (Å²) in [5.74, 6) is -0.104. The zero-order chi connectivity index (χ0) is 15.2. The first-order chi connectivity index (χ1) is 10.2. The number of hydrogen-bond acceptors (Lipinski definition) is 3. The van der Waals surface area contributed by atoms with Gasteiger partial charge in [0.15, 0.2) is 0 Å². The van der Waals surface area contributed by atoms with Crippen molar-refractivity contribution in [2.24, 2.45) is 5.73 Å². The molecule has 1 amide bonds. The molecule has 0 bridgehead atoms. The molecule has 0 fully saturated rings. The Morgan fingerprint density at radius 3 is 2.86 bits per heavy atom. The summed E-state index contributed by atoms with van der Waals surface area (Å²) in [6.45, 7) is 4.16. The zero-order valence-corrected chi connectivity index (χ0v) is 12.8. The van der Waals surface area contributed by atoms with Crippen molar-refractivity contribution in [3.05, 3.63) is 53.1 Å². The smallest absolute Gasteiger partial charge is 0.274 e. The van der Waals surface area contributed by atoms with Crippen molar-refractivity contribution >= 4 is 17.5 Å². The average Bonchev–Trinajstić information content (AvgIpc) is 2.95. The lowest BCUT2D eigenvalue weighted by atomic mass is 10.2. The van der Waals surface area contributed by atoms with Gasteiger partial charge in [0.25, 0.3) is 5.91 Å². The SMILES string of the molecule is CCN(Cc1ccccc1Cl)C(=O)c1cn(CCN)cn1. The molecule has 2 aromatic rings. The average molecular weight is 307 g/mol. The Labute approximate surface area is 129 Å². The third kappa shape index (κ3) is 3.83. The number of nitrogens with two attached hydrogens (primary N) is 1. The van der Waals surface area contributed by atoms with Gasteiger partial charge in [0.2, 0.25) is 0 Å². The molecule has 6 heteroatoms. The van der Waals surface area contributed by atoms with Crippen LogP contribution in [-0.2, 0) is 13.1 Å². The molecule has 0 saturated heterocycles. The quantitative estimate of drug-likeness (QED) is 0.889. The minimum absolute atomic E-state index is 0.104. The molecule has 0 aliphatic rings. The van der Waals surface area contributed by atoms with Gasteiger partial charge in [-0.3, -0.25) is 4.79 Å². The number of imidazole rings is 1. The van der Waals surface area contributed by atoms with Gasteiger partial charge < -0.3 is 15.2 Å². The number of carbonyl (C=O) groups excluding carboxylic acids is 1. The van der Waals surface area contributed by atoms with Gasteiger partial charge in [-0.15, -0.1) is 0 Å². The fraction of sp³-hybridized carbons (Fsp3) is 0.333. The molecule has 1 aromatic carbocycles. The van der Waals surface area contributed by atoms with Crippen molar-refractivity contribution in [3.63, 3.8) is 0 Å². The summed E-state index contributed by atoms with van der Waals surface area (Å²) in [5.41, 5.74) is 6.85. The topological polar surface area (TPSA) is 64.2 Å². The van der Waals surface area contributed by atoms with Crippen LogP contribution in [0.15, 0.2) is 36.8 Å². The van der Waals surface area contributed by atoms with Crippen molar-refractivity contribution in [2.75, 3.05) is 13.1 Å². The third-order valence-corrected chi connectivity index (χ3v) is 3.60. The monoisotopic (exact) mass is 306 g/mol. The highest BCUT2D eigenvalue weighted by Gasteiger charge is 2.17. The summed E-state index contributed by atoms with van der Waals surface area (Å²) in [7, 11) is 0. The summed E-state index contributed by atoms with van der Waals surface area (Å²) in [5, 5.41) is 0.664. The predicted molar refractivity (Wildman–Crippen MR) is 83.1 cm³/mol. The van der Waals surface area contributed by atoms with E-state index in [-0.39, 0.29) is 5.91 Å². The van der Waals surface area contributed by atoms with Crippen LogP contribution in [0, 0.1) is 0 Å². The summed E-state index contributed by atoms with van der Waals surface area (Å²) in [6.07, 6.45) is 3.36. The highest BCUT2D eigenvalue weighted by Crippen LogP contribution is 2.18. The number of halogens is 1. The predicted octanol–water partition coefficient (Wildman–Crippen LogP) is 2.16. The van der Waals surface area contributed by atoms with Gasteiger partial charge in [-0.1, -0.05) is 29.8 Å². The van der Waals surface area contributed by atoms with Crippen LogP contribution in [0.1, 0.15) is 23.0 Å². The van der Waals surface area contributed by atoms with Crippen LogP contribution in [0.25, 0.3) is 0 Å². The van der Waals surface area contributed by atoms with Gasteiger partial charge in [-0.25, -0.2) is 4.98 Å². The van der Waals surface area contributed by atoms with Gasteiger partial charge in [0.05, 0.1) is 6.33 Å². The maximum atomic E-state index is 12.5. The zero-order valence-electron chi connectivity index (χ0n) is 12.0. The molecule has 0 atom stereocenters. The van der Waals surface area contributed by atoms with E-state index in [0.717, 1.165) is 5.56 Å². The van der Waals surface area contributed by atoms with E-state index in [2.05, 4.69) is 4.98 Å². The Balaban J connectivity index is 2.12. The van der Waals surface area contributed by atoms with E-state index in [9.17, 15) is 4.79 Å². The second-order valence-electron chi connectivity index (χ2n) is 4.70. The second kappa shape index (κ2) is 7.24. The highest BCUT2D eigenvalue weighted by molar-refractivity contribution is 6.31. The fourth-order valence-electron chi connectivity index (χ4n) is 2.06. The molecular weight excluding hydrogens is 288 g/mol. The number of hydrogen-bond donors (Lipinski definition) is 1. The fourth-order valence-corrected chi connectivity index (χ4v) is 2.26. The van der Waals surface area contributed by atoms with Crippen LogP contribution in [-0.4, -0.2) is 33.4 Å². The molecule has 112 valence electrons. The van der Waals surface area contributed by atoms with Crippen molar-refractivity contribution in [1.29, 1.82) is 0 Å². The molecular formula is C15H19ClN4O. The maximum absolute atomic E-state index is 12.5. The van der Waals surface area contributed by atoms with E-state index >= 15 is 0 Å². The van der Waals surface area contributed by atoms with Crippen LogP contribution in [0.5, 0.6) is 0 Å². The van der Waals surface area contributed by atoms with Crippen LogP contribution >= 0.6 is 11.6 Å². The lowest BCUT2D eigenvalue weighted by Gasteiger charge is -2.20. The molecule has 0 saturated carbocycles. The molecule has 2 rings (SSSR count). The Hall–Kier alpha value is -1.85. The number of benzene rings is 1. The second-order valence-corrected chi connectivity index (χ2v) is 5.10. The van der Waals surface area contributed by atoms with E-state index in [1.54, 1.807) is 17.4 Å². The highest BCUT2D eigenvalue weighted by atomic mass is 35.5. The number of aromatic nitrogens is 2. The number of amides is 1. The van der Waals surface area contributed by atoms with Gasteiger partial charge in [-0.05, 0) is 18.6 Å². The van der Waals surface area contributed by atoms with Crippen molar-refractivity contribution in [2.45, 2.75) is 20.0 Å². The first-order valence-electron chi connectivity index (χ1n) is 6.90. The standard InChI is InChI=1S/C15H19ClN4O/c1-2-20(9-12-5-3-4-6-13(12)16)15(21)14-10-19(8-7-17)11-18-14/h3-6,10-11H,2,7-9,17H2,1H3. The van der Waals surface area contributed by atoms with E-state index < -0.39 is 0 Å². The number of rotatable bonds is 6. The third-order valence-electron chi connectivity index (χ3n) is 3.23. The van der Waals surface area contributed by atoms with E-state index in [1.807, 2.05) is 35.8 Å². The first kappa shape index (κ1) is 15.5. The minimum Gasteiger partial charge on any atom is -0.335 e. The molecule has 0 unspecified atom stereocenters. The molecule has 2 N–H and O–H groups in total. The lowest BCUT2D eigenvalue weighted by molar-refractivity contribution is 0.0747. The summed E-state index contributed by atoms with van der Waals surface area (Å²) < 4.78 is 1.82. The molecule has 0 radical (unpaired) electrons. The van der Waals surface area contributed by atoms with E-state index in [0.29, 0.717) is 36.9 Å². The number of carbonyl (C=O) groups is 1. The Bertz CT molecular complexity index is 611. The van der Waals surface area contributed by atoms with Crippen LogP contribution in [0.4, 0.5) is 0 Å². The summed E-state index contributed by atoms with van der Waals surface area (Å²) in [6, 6.07) is 7.53. The Morgan fingerprint density at radius 2 is 2.19 bits per heavy atom. The van der Waals surface area contributed by atoms with E-state index in [4.69, 9.17) is 17.3 Å².